The summed E-state index contributed by atoms with van der Waals surface area (Å²) >= 11 is 0. The number of para-hydroxylation sites is 2. The molecule has 4 nitrogen and oxygen atoms in total. The van der Waals surface area contributed by atoms with E-state index >= 15 is 0 Å². The van der Waals surface area contributed by atoms with Gasteiger partial charge in [0.1, 0.15) is 11.2 Å². The van der Waals surface area contributed by atoms with Crippen molar-refractivity contribution in [3.8, 4) is 44.8 Å². The number of hydrogen-bond acceptors (Lipinski definition) is 4. The van der Waals surface area contributed by atoms with Crippen LogP contribution in [0, 0.1) is 25.9 Å². The van der Waals surface area contributed by atoms with Crippen LogP contribution in [0.5, 0.6) is 0 Å². The van der Waals surface area contributed by atoms with Crippen molar-refractivity contribution in [3.05, 3.63) is 157 Å². The topological polar surface area (TPSA) is 51.0 Å². The number of furan rings is 1. The van der Waals surface area contributed by atoms with Gasteiger partial charge < -0.3 is 19.7 Å². The SMILES string of the molecule is [2H]C([2H])([2H])c1ccc(-c2[c-]cc3c(c2)-c2c(C)c(cc4c2oc2ccccc24)-c2ccccc2N3)nc1.[Ir].[c-]1ccccc1-c1ccccn1. The molecule has 0 unspecified atom stereocenters. The van der Waals surface area contributed by atoms with Crippen molar-refractivity contribution in [2.45, 2.75) is 13.8 Å². The number of anilines is 2. The van der Waals surface area contributed by atoms with E-state index in [0.717, 1.165) is 78.0 Å². The Hall–Kier alpha value is -5.35. The Labute approximate surface area is 291 Å². The number of hydrogen-bond donors (Lipinski definition) is 1. The van der Waals surface area contributed by atoms with Crippen LogP contribution in [0.4, 0.5) is 11.4 Å². The summed E-state index contributed by atoms with van der Waals surface area (Å²) in [6, 6.07) is 46.2. The van der Waals surface area contributed by atoms with Crippen LogP contribution in [-0.4, -0.2) is 9.97 Å². The number of fused-ring (bicyclic) bond motifs is 10. The Morgan fingerprint density at radius 2 is 1.53 bits per heavy atom. The van der Waals surface area contributed by atoms with E-state index in [-0.39, 0.29) is 25.7 Å². The zero-order valence-electron chi connectivity index (χ0n) is 28.3. The van der Waals surface area contributed by atoms with Crippen molar-refractivity contribution in [2.75, 3.05) is 5.32 Å². The van der Waals surface area contributed by atoms with E-state index < -0.39 is 6.85 Å². The third kappa shape index (κ3) is 5.65. The van der Waals surface area contributed by atoms with Crippen LogP contribution >= 0.6 is 0 Å². The standard InChI is InChI=1S/C31H21N2O.C11H8N.Ir/c1-18-11-13-26(32-17-18)20-12-14-28-25(15-20)30-19(2)23(21-7-3-5-9-27(21)33-28)16-24-22-8-4-6-10-29(22)34-31(24)30;1-2-6-10(7-3-1)11-8-4-5-9-12-11;/h3-11,13-17,33H,1-2H3;1-6,8-9H;/q2*-1;/i1D3;;. The fourth-order valence-electron chi connectivity index (χ4n) is 6.11. The molecule has 8 aromatic rings. The fraction of sp³-hybridized carbons (Fsp3) is 0.0476. The van der Waals surface area contributed by atoms with E-state index in [1.54, 1.807) is 18.3 Å². The molecule has 1 aliphatic rings. The van der Waals surface area contributed by atoms with E-state index in [1.165, 1.54) is 6.20 Å². The fourth-order valence-corrected chi connectivity index (χ4v) is 6.11. The molecule has 0 fully saturated rings. The van der Waals surface area contributed by atoms with E-state index in [0.29, 0.717) is 5.69 Å². The smallest absolute Gasteiger partial charge is 0.142 e. The number of benzene rings is 5. The van der Waals surface area contributed by atoms with Crippen molar-refractivity contribution >= 4 is 33.3 Å². The van der Waals surface area contributed by atoms with Gasteiger partial charge in [0.15, 0.2) is 0 Å². The summed E-state index contributed by atoms with van der Waals surface area (Å²) in [5.74, 6) is 0. The van der Waals surface area contributed by atoms with Crippen LogP contribution in [0.25, 0.3) is 66.7 Å². The van der Waals surface area contributed by atoms with Gasteiger partial charge in [0.05, 0.1) is 0 Å². The average molecular weight is 787 g/mol. The molecule has 47 heavy (non-hydrogen) atoms. The molecule has 0 saturated carbocycles. The summed E-state index contributed by atoms with van der Waals surface area (Å²) in [6.07, 6.45) is 3.21. The van der Waals surface area contributed by atoms with Crippen molar-refractivity contribution in [1.82, 2.24) is 9.97 Å². The minimum absolute atomic E-state index is 0. The summed E-state index contributed by atoms with van der Waals surface area (Å²) in [7, 11) is 0. The van der Waals surface area contributed by atoms with Gasteiger partial charge in [-0.3, -0.25) is 0 Å². The monoisotopic (exact) mass is 787 g/mol. The van der Waals surface area contributed by atoms with E-state index in [2.05, 4.69) is 70.7 Å². The van der Waals surface area contributed by atoms with Crippen LogP contribution in [0.3, 0.4) is 0 Å². The molecule has 1 aliphatic heterocycles. The van der Waals surface area contributed by atoms with Gasteiger partial charge in [0.25, 0.3) is 0 Å². The average Bonchev–Trinajstić information content (AvgIpc) is 3.51. The predicted molar refractivity (Wildman–Crippen MR) is 188 cm³/mol. The first-order valence-electron chi connectivity index (χ1n) is 16.6. The molecule has 229 valence electrons. The second-order valence-electron chi connectivity index (χ2n) is 11.2. The normalized spacial score (nSPS) is 12.4. The molecule has 0 spiro atoms. The molecular weight excluding hydrogens is 755 g/mol. The molecule has 4 heterocycles. The Morgan fingerprint density at radius 3 is 2.34 bits per heavy atom. The Balaban J connectivity index is 0.000000255. The van der Waals surface area contributed by atoms with Gasteiger partial charge >= 0.3 is 0 Å². The second-order valence-corrected chi connectivity index (χ2v) is 11.2. The third-order valence-electron chi connectivity index (χ3n) is 8.32. The first kappa shape index (κ1) is 26.8. The number of rotatable bonds is 2. The van der Waals surface area contributed by atoms with Gasteiger partial charge in [-0.15, -0.1) is 59.7 Å². The molecule has 9 rings (SSSR count). The maximum atomic E-state index is 7.65. The zero-order chi connectivity index (χ0) is 33.5. The molecular formula is C42H29IrN3O-2. The summed E-state index contributed by atoms with van der Waals surface area (Å²) < 4.78 is 29.4. The molecule has 1 N–H and O–H groups in total. The van der Waals surface area contributed by atoms with Gasteiger partial charge in [0.2, 0.25) is 0 Å². The number of nitrogens with one attached hydrogen (secondary N) is 1. The molecule has 0 saturated heterocycles. The second kappa shape index (κ2) is 12.8. The van der Waals surface area contributed by atoms with E-state index in [9.17, 15) is 0 Å². The molecule has 0 atom stereocenters. The molecule has 5 aromatic carbocycles. The van der Waals surface area contributed by atoms with Crippen molar-refractivity contribution < 1.29 is 28.6 Å². The maximum absolute atomic E-state index is 7.65. The molecule has 3 aromatic heterocycles. The van der Waals surface area contributed by atoms with Crippen molar-refractivity contribution in [1.29, 1.82) is 0 Å². The Morgan fingerprint density at radius 1 is 0.702 bits per heavy atom. The molecule has 5 heteroatoms. The van der Waals surface area contributed by atoms with Crippen LogP contribution < -0.4 is 5.32 Å². The van der Waals surface area contributed by atoms with Gasteiger partial charge in [-0.2, -0.15) is 0 Å². The van der Waals surface area contributed by atoms with Crippen LogP contribution in [0.2, 0.25) is 0 Å². The van der Waals surface area contributed by atoms with E-state index in [4.69, 9.17) is 8.53 Å². The molecule has 0 amide bonds. The van der Waals surface area contributed by atoms with Crippen molar-refractivity contribution in [3.63, 3.8) is 0 Å². The van der Waals surface area contributed by atoms with E-state index in [1.807, 2.05) is 72.8 Å². The first-order chi connectivity index (χ1) is 23.8. The summed E-state index contributed by atoms with van der Waals surface area (Å²) in [5, 5.41) is 5.78. The minimum atomic E-state index is -2.19. The molecule has 0 aliphatic carbocycles. The Bertz CT molecular complexity index is 2420. The van der Waals surface area contributed by atoms with Crippen molar-refractivity contribution in [2.24, 2.45) is 0 Å². The van der Waals surface area contributed by atoms with Gasteiger partial charge in [-0.05, 0) is 71.8 Å². The summed E-state index contributed by atoms with van der Waals surface area (Å²) in [6.45, 7) is -0.0496. The van der Waals surface area contributed by atoms with Gasteiger partial charge in [-0.25, -0.2) is 0 Å². The number of pyridine rings is 2. The number of aryl methyl sites for hydroxylation is 1. The zero-order valence-corrected chi connectivity index (χ0v) is 27.7. The number of aromatic nitrogens is 2. The van der Waals surface area contributed by atoms with Crippen LogP contribution in [0.1, 0.15) is 15.2 Å². The quantitative estimate of drug-likeness (QED) is 0.177. The van der Waals surface area contributed by atoms with Crippen LogP contribution in [-0.2, 0) is 20.1 Å². The maximum Gasteiger partial charge on any atom is 0.142 e. The van der Waals surface area contributed by atoms with Crippen LogP contribution in [0.15, 0.2) is 138 Å². The third-order valence-corrected chi connectivity index (χ3v) is 8.32. The van der Waals surface area contributed by atoms with Gasteiger partial charge in [-0.1, -0.05) is 66.2 Å². The van der Waals surface area contributed by atoms with Gasteiger partial charge in [0, 0.05) is 64.2 Å². The Kier molecular flexibility index (Phi) is 7.31. The molecule has 2 bridgehead atoms. The summed E-state index contributed by atoms with van der Waals surface area (Å²) in [5.41, 5.74) is 12.7. The molecule has 1 radical (unpaired) electrons. The minimum Gasteiger partial charge on any atom is -0.455 e. The number of nitrogens with zero attached hydrogens (tertiary/aromatic N) is 2. The summed E-state index contributed by atoms with van der Waals surface area (Å²) in [4.78, 5) is 8.68. The first-order valence-corrected chi connectivity index (χ1v) is 15.1. The predicted octanol–water partition coefficient (Wildman–Crippen LogP) is 11.0. The largest absolute Gasteiger partial charge is 0.455 e.